The van der Waals surface area contributed by atoms with Crippen LogP contribution < -0.4 is 0 Å². The molecule has 6 heteroatoms. The zero-order valence-electron chi connectivity index (χ0n) is 13.3. The van der Waals surface area contributed by atoms with Crippen molar-refractivity contribution in [2.45, 2.75) is 20.3 Å². The van der Waals surface area contributed by atoms with Gasteiger partial charge in [0.15, 0.2) is 5.78 Å². The Morgan fingerprint density at radius 3 is 2.14 bits per heavy atom. The number of Topliss-reactive ketones (excluding diaryl/α,β-unsaturated/α-hetero) is 1. The quantitative estimate of drug-likeness (QED) is 0.742. The van der Waals surface area contributed by atoms with E-state index < -0.39 is 10.0 Å². The number of hydrogen-bond donors (Lipinski definition) is 0. The number of rotatable bonds is 6. The van der Waals surface area contributed by atoms with Gasteiger partial charge >= 0.3 is 0 Å². The lowest BCUT2D eigenvalue weighted by Crippen LogP contribution is -2.50. The lowest BCUT2D eigenvalue weighted by atomic mass is 10.1. The molecule has 1 aliphatic rings. The highest BCUT2D eigenvalue weighted by atomic mass is 32.2. The van der Waals surface area contributed by atoms with Gasteiger partial charge in [-0.1, -0.05) is 31.2 Å². The summed E-state index contributed by atoms with van der Waals surface area (Å²) in [5.41, 5.74) is 1.94. The topological polar surface area (TPSA) is 57.7 Å². The summed E-state index contributed by atoms with van der Waals surface area (Å²) in [6.07, 6.45) is 0.961. The zero-order valence-corrected chi connectivity index (χ0v) is 14.1. The number of piperazine rings is 1. The van der Waals surface area contributed by atoms with Crippen LogP contribution in [0.25, 0.3) is 0 Å². The third kappa shape index (κ3) is 4.15. The van der Waals surface area contributed by atoms with Gasteiger partial charge < -0.3 is 0 Å². The molecule has 0 amide bonds. The average Bonchev–Trinajstić information content (AvgIpc) is 2.55. The van der Waals surface area contributed by atoms with Gasteiger partial charge in [0, 0.05) is 31.7 Å². The predicted molar refractivity (Wildman–Crippen MR) is 87.6 cm³/mol. The van der Waals surface area contributed by atoms with Crippen molar-refractivity contribution in [3.05, 3.63) is 35.4 Å². The summed E-state index contributed by atoms with van der Waals surface area (Å²) >= 11 is 0. The maximum atomic E-state index is 12.3. The van der Waals surface area contributed by atoms with Crippen molar-refractivity contribution >= 4 is 15.8 Å². The number of aryl methyl sites for hydroxylation is 1. The molecule has 1 fully saturated rings. The van der Waals surface area contributed by atoms with Gasteiger partial charge in [0.05, 0.1) is 12.3 Å². The Hall–Kier alpha value is -1.24. The number of carbonyl (C=O) groups excluding carboxylic acids is 1. The number of carbonyl (C=O) groups is 1. The van der Waals surface area contributed by atoms with Crippen molar-refractivity contribution in [1.82, 2.24) is 9.21 Å². The van der Waals surface area contributed by atoms with Gasteiger partial charge in [-0.05, 0) is 18.9 Å². The van der Waals surface area contributed by atoms with E-state index in [9.17, 15) is 13.2 Å². The second kappa shape index (κ2) is 7.35. The molecule has 1 aromatic rings. The van der Waals surface area contributed by atoms with Gasteiger partial charge in [-0.15, -0.1) is 0 Å². The molecule has 1 saturated heterocycles. The molecule has 1 heterocycles. The van der Waals surface area contributed by atoms with E-state index >= 15 is 0 Å². The summed E-state index contributed by atoms with van der Waals surface area (Å²) in [5.74, 6) is 0.227. The molecule has 0 spiro atoms. The first-order valence-electron chi connectivity index (χ1n) is 7.78. The third-order valence-electron chi connectivity index (χ3n) is 4.14. The molecule has 0 atom stereocenters. The van der Waals surface area contributed by atoms with Crippen LogP contribution in [0.1, 0.15) is 29.8 Å². The van der Waals surface area contributed by atoms with Crippen molar-refractivity contribution in [3.63, 3.8) is 0 Å². The Kier molecular flexibility index (Phi) is 5.72. The van der Waals surface area contributed by atoms with Gasteiger partial charge in [0.1, 0.15) is 0 Å². The van der Waals surface area contributed by atoms with Crippen LogP contribution in [-0.4, -0.2) is 61.9 Å². The van der Waals surface area contributed by atoms with Gasteiger partial charge in [-0.2, -0.15) is 4.31 Å². The monoisotopic (exact) mass is 324 g/mol. The van der Waals surface area contributed by atoms with Crippen LogP contribution >= 0.6 is 0 Å². The lowest BCUT2D eigenvalue weighted by molar-refractivity contribution is 0.0902. The van der Waals surface area contributed by atoms with E-state index in [1.165, 1.54) is 9.87 Å². The number of hydrogen-bond acceptors (Lipinski definition) is 4. The molecule has 2 rings (SSSR count). The summed E-state index contributed by atoms with van der Waals surface area (Å²) < 4.78 is 25.1. The van der Waals surface area contributed by atoms with Crippen LogP contribution in [-0.2, 0) is 16.4 Å². The second-order valence-corrected chi connectivity index (χ2v) is 7.81. The zero-order chi connectivity index (χ0) is 16.2. The van der Waals surface area contributed by atoms with Gasteiger partial charge in [-0.3, -0.25) is 9.69 Å². The van der Waals surface area contributed by atoms with E-state index in [1.54, 1.807) is 6.92 Å². The molecular formula is C16H24N2O3S. The van der Waals surface area contributed by atoms with Crippen molar-refractivity contribution in [1.29, 1.82) is 0 Å². The van der Waals surface area contributed by atoms with E-state index in [0.29, 0.717) is 32.7 Å². The molecule has 0 N–H and O–H groups in total. The van der Waals surface area contributed by atoms with Crippen molar-refractivity contribution in [2.75, 3.05) is 38.5 Å². The minimum Gasteiger partial charge on any atom is -0.293 e. The van der Waals surface area contributed by atoms with Crippen LogP contribution in [0.4, 0.5) is 0 Å². The molecule has 0 radical (unpaired) electrons. The Morgan fingerprint density at radius 1 is 1.05 bits per heavy atom. The Labute approximate surface area is 133 Å². The molecule has 122 valence electrons. The van der Waals surface area contributed by atoms with Gasteiger partial charge in [0.2, 0.25) is 10.0 Å². The molecule has 0 aliphatic carbocycles. The summed E-state index contributed by atoms with van der Waals surface area (Å²) in [5, 5.41) is 0. The fourth-order valence-corrected chi connectivity index (χ4v) is 3.65. The molecule has 5 nitrogen and oxygen atoms in total. The second-order valence-electron chi connectivity index (χ2n) is 5.55. The van der Waals surface area contributed by atoms with Crippen molar-refractivity contribution in [2.24, 2.45) is 0 Å². The molecule has 0 unspecified atom stereocenters. The highest BCUT2D eigenvalue weighted by Gasteiger charge is 2.26. The van der Waals surface area contributed by atoms with Crippen LogP contribution in [0.5, 0.6) is 0 Å². The normalized spacial score (nSPS) is 17.5. The van der Waals surface area contributed by atoms with Gasteiger partial charge in [0.25, 0.3) is 0 Å². The third-order valence-corrected chi connectivity index (χ3v) is 6.02. The maximum Gasteiger partial charge on any atom is 0.213 e. The number of ketones is 1. The Morgan fingerprint density at radius 2 is 1.64 bits per heavy atom. The molecule has 22 heavy (non-hydrogen) atoms. The highest BCUT2D eigenvalue weighted by molar-refractivity contribution is 7.89. The summed E-state index contributed by atoms with van der Waals surface area (Å²) in [6.45, 7) is 6.25. The van der Waals surface area contributed by atoms with Crippen molar-refractivity contribution < 1.29 is 13.2 Å². The average molecular weight is 324 g/mol. The molecule has 0 aromatic heterocycles. The van der Waals surface area contributed by atoms with Crippen LogP contribution in [0.15, 0.2) is 24.3 Å². The molecule has 0 saturated carbocycles. The Balaban J connectivity index is 1.88. The molecule has 0 bridgehead atoms. The number of nitrogens with zero attached hydrogens (tertiary/aromatic N) is 2. The van der Waals surface area contributed by atoms with Gasteiger partial charge in [-0.25, -0.2) is 8.42 Å². The minimum absolute atomic E-state index is 0.0921. The highest BCUT2D eigenvalue weighted by Crippen LogP contribution is 2.10. The molecular weight excluding hydrogens is 300 g/mol. The first kappa shape index (κ1) is 17.1. The SMILES string of the molecule is CCc1ccc(C(=O)CN2CCN(S(=O)(=O)CC)CC2)cc1. The van der Waals surface area contributed by atoms with E-state index in [-0.39, 0.29) is 11.5 Å². The summed E-state index contributed by atoms with van der Waals surface area (Å²) in [6, 6.07) is 7.72. The van der Waals surface area contributed by atoms with E-state index in [1.807, 2.05) is 29.2 Å². The van der Waals surface area contributed by atoms with Crippen LogP contribution in [0.3, 0.4) is 0 Å². The standard InChI is InChI=1S/C16H24N2O3S/c1-3-14-5-7-15(8-6-14)16(19)13-17-9-11-18(12-10-17)22(20,21)4-2/h5-8H,3-4,9-13H2,1-2H3. The fraction of sp³-hybridized carbons (Fsp3) is 0.562. The smallest absolute Gasteiger partial charge is 0.213 e. The maximum absolute atomic E-state index is 12.3. The number of sulfonamides is 1. The number of benzene rings is 1. The van der Waals surface area contributed by atoms with Crippen LogP contribution in [0.2, 0.25) is 0 Å². The van der Waals surface area contributed by atoms with Crippen molar-refractivity contribution in [3.8, 4) is 0 Å². The summed E-state index contributed by atoms with van der Waals surface area (Å²) in [4.78, 5) is 14.3. The summed E-state index contributed by atoms with van der Waals surface area (Å²) in [7, 11) is -3.11. The first-order valence-corrected chi connectivity index (χ1v) is 9.39. The molecule has 1 aromatic carbocycles. The van der Waals surface area contributed by atoms with E-state index in [4.69, 9.17) is 0 Å². The largest absolute Gasteiger partial charge is 0.293 e. The van der Waals surface area contributed by atoms with E-state index in [2.05, 4.69) is 6.92 Å². The van der Waals surface area contributed by atoms with Crippen LogP contribution in [0, 0.1) is 0 Å². The Bertz CT molecular complexity index is 603. The minimum atomic E-state index is -3.11. The fourth-order valence-electron chi connectivity index (χ4n) is 2.57. The lowest BCUT2D eigenvalue weighted by Gasteiger charge is -2.33. The predicted octanol–water partition coefficient (Wildman–Crippen LogP) is 1.40. The first-order chi connectivity index (χ1) is 10.5. The molecule has 1 aliphatic heterocycles. The van der Waals surface area contributed by atoms with E-state index in [0.717, 1.165) is 12.0 Å².